The van der Waals surface area contributed by atoms with E-state index in [1.165, 1.54) is 66.7 Å². The Hall–Kier alpha value is -9.34. The molecule has 7 heterocycles. The maximum Gasteiger partial charge on any atom is 0.257 e. The minimum absolute atomic E-state index is 0.00294. The molecule has 37 heteroatoms. The Bertz CT molecular complexity index is 5210. The van der Waals surface area contributed by atoms with Gasteiger partial charge in [0.25, 0.3) is 41.4 Å². The van der Waals surface area contributed by atoms with Crippen molar-refractivity contribution in [2.75, 3.05) is 91.6 Å². The summed E-state index contributed by atoms with van der Waals surface area (Å²) in [6, 6.07) is 29.2. The fourth-order valence-electron chi connectivity index (χ4n) is 18.9. The summed E-state index contributed by atoms with van der Waals surface area (Å²) in [5, 5.41) is 51.3. The zero-order chi connectivity index (χ0) is 110. The van der Waals surface area contributed by atoms with Crippen molar-refractivity contribution in [2.45, 2.75) is 310 Å². The second-order valence-electron chi connectivity index (χ2n) is 42.4. The highest BCUT2D eigenvalue weighted by Gasteiger charge is 2.40. The van der Waals surface area contributed by atoms with Gasteiger partial charge in [-0.25, -0.2) is 35.1 Å². The third-order valence-electron chi connectivity index (χ3n) is 29.0. The van der Waals surface area contributed by atoms with Crippen LogP contribution >= 0.6 is 34.8 Å². The van der Waals surface area contributed by atoms with Gasteiger partial charge in [0.05, 0.1) is 68.2 Å². The van der Waals surface area contributed by atoms with E-state index in [0.29, 0.717) is 127 Å². The van der Waals surface area contributed by atoms with Gasteiger partial charge >= 0.3 is 0 Å². The quantitative estimate of drug-likeness (QED) is 0.0235. The summed E-state index contributed by atoms with van der Waals surface area (Å²) in [5.74, 6) is -8.92. The van der Waals surface area contributed by atoms with Crippen LogP contribution in [0.4, 0.5) is 35.1 Å². The van der Waals surface area contributed by atoms with E-state index in [-0.39, 0.29) is 98.4 Å². The molecular weight excluding hydrogens is 1980 g/mol. The summed E-state index contributed by atoms with van der Waals surface area (Å²) < 4.78 is 107. The Balaban J connectivity index is 0.000000210. The van der Waals surface area contributed by atoms with E-state index in [9.17, 15) is 84.0 Å². The molecule has 10 atom stereocenters. The first-order valence-electron chi connectivity index (χ1n) is 51.5. The summed E-state index contributed by atoms with van der Waals surface area (Å²) in [4.78, 5) is 102. The monoisotopic (exact) mass is 2130 g/mol. The molecule has 0 spiro atoms. The number of β-amino-alcohol motifs (C(OH)–C–C–N with tert-alkyl or cyclic N) is 3. The summed E-state index contributed by atoms with van der Waals surface area (Å²) >= 11 is 17.9. The van der Waals surface area contributed by atoms with Crippen molar-refractivity contribution in [3.05, 3.63) is 244 Å². The zero-order valence-electron chi connectivity index (χ0n) is 89.3. The highest BCUT2D eigenvalue weighted by molar-refractivity contribution is 6.35. The van der Waals surface area contributed by atoms with E-state index < -0.39 is 87.9 Å². The molecular formula is C111H157Cl3F8N16O10. The summed E-state index contributed by atoms with van der Waals surface area (Å²) in [5.41, 5.74) is 15.6. The van der Waals surface area contributed by atoms with Crippen LogP contribution in [0.5, 0.6) is 0 Å². The summed E-state index contributed by atoms with van der Waals surface area (Å²) in [7, 11) is 0. The van der Waals surface area contributed by atoms with Gasteiger partial charge in [-0.3, -0.25) is 58.1 Å². The lowest BCUT2D eigenvalue weighted by molar-refractivity contribution is 0.0262. The van der Waals surface area contributed by atoms with Crippen molar-refractivity contribution in [1.29, 1.82) is 0 Å². The van der Waals surface area contributed by atoms with Crippen molar-refractivity contribution >= 4 is 76.2 Å². The number of aliphatic hydroxyl groups is 3. The van der Waals surface area contributed by atoms with Gasteiger partial charge in [0.15, 0.2) is 11.6 Å². The minimum Gasteiger partial charge on any atom is -0.390 e. The smallest absolute Gasteiger partial charge is 0.257 e. The van der Waals surface area contributed by atoms with Crippen LogP contribution in [0.2, 0.25) is 15.1 Å². The average Bonchev–Trinajstić information content (AvgIpc) is 0.794. The number of likely N-dealkylation sites (tertiary alicyclic amines) is 7. The molecule has 7 fully saturated rings. The second-order valence-corrected chi connectivity index (χ2v) is 43.6. The van der Waals surface area contributed by atoms with Crippen LogP contribution in [-0.4, -0.2) is 297 Å². The minimum atomic E-state index is -1.44. The lowest BCUT2D eigenvalue weighted by Gasteiger charge is -2.41. The first kappa shape index (κ1) is 124. The van der Waals surface area contributed by atoms with Crippen LogP contribution in [0.3, 0.4) is 0 Å². The molecule has 0 aliphatic carbocycles. The number of rotatable bonds is 21. The number of nitrogens with zero attached hydrogens (tertiary/aromatic N) is 7. The number of nitrogens with one attached hydrogen (secondary N) is 7. The van der Waals surface area contributed by atoms with Crippen LogP contribution in [0.1, 0.15) is 263 Å². The van der Waals surface area contributed by atoms with Crippen LogP contribution in [0.15, 0.2) is 121 Å². The fraction of sp³-hybridized carbons (Fsp3) is 0.559. The number of piperidine rings is 7. The normalized spacial score (nSPS) is 22.0. The number of carbonyl (C=O) groups excluding carboxylic acids is 7. The predicted octanol–water partition coefficient (Wildman–Crippen LogP) is 15.9. The van der Waals surface area contributed by atoms with Gasteiger partial charge in [-0.05, 0) is 303 Å². The molecule has 0 aromatic heterocycles. The van der Waals surface area contributed by atoms with Crippen molar-refractivity contribution in [3.63, 3.8) is 0 Å². The molecule has 7 aromatic rings. The lowest BCUT2D eigenvalue weighted by atomic mass is 9.88. The number of hydrogen-bond acceptors (Lipinski definition) is 19. The van der Waals surface area contributed by atoms with Crippen LogP contribution in [0.25, 0.3) is 0 Å². The van der Waals surface area contributed by atoms with E-state index in [1.54, 1.807) is 38.1 Å². The molecule has 7 aliphatic heterocycles. The van der Waals surface area contributed by atoms with E-state index >= 15 is 0 Å². The number of hydrogen-bond donors (Lipinski definition) is 12. The van der Waals surface area contributed by atoms with Crippen molar-refractivity contribution in [3.8, 4) is 0 Å². The number of benzene rings is 7. The Morgan fingerprint density at radius 3 is 0.946 bits per heavy atom. The van der Waals surface area contributed by atoms with Gasteiger partial charge in [0.1, 0.15) is 40.5 Å². The third kappa shape index (κ3) is 36.5. The topological polar surface area (TPSA) is 339 Å². The maximum absolute atomic E-state index is 13.7. The Morgan fingerprint density at radius 2 is 0.595 bits per heavy atom. The fourth-order valence-corrected chi connectivity index (χ4v) is 19.6. The molecule has 10 unspecified atom stereocenters. The number of nitrogens with two attached hydrogens (primary N) is 2. The first-order chi connectivity index (χ1) is 69.5. The van der Waals surface area contributed by atoms with Gasteiger partial charge in [-0.1, -0.05) is 71.2 Å². The third-order valence-corrected chi connectivity index (χ3v) is 29.9. The SMILES string of the molecule is CC(C)N1CCC(C)(NC(=O)c2c(F)ccc(F)c2F)CC1.CC(C)N1CCC(NC(=O)c2c(F)cccc2Cl)C(O)C1.CC(C)N1CCC(NC(=O)c2cc(F)ccc2Cl)C(O)C1.Cc1ccc(F)cc1C(=O)NC1(C)CCN(C(C)C)CC1.Cc1ccc(F)cc1C(=O)NC1CCN(C(C)C)CC1N.Cc1ccc(F)cc1C(=O)NC1CCN(C(C)C)CC1O.Cc1cccc(Cl)c1C(=O)NC1CCN(C(C)C)CC1N. The van der Waals surface area contributed by atoms with Crippen LogP contribution < -0.4 is 48.7 Å². The molecule has 7 saturated heterocycles. The number of aryl methyl sites for hydroxylation is 4. The van der Waals surface area contributed by atoms with E-state index in [4.69, 9.17) is 46.3 Å². The second kappa shape index (κ2) is 57.4. The number of amides is 7. The maximum atomic E-state index is 13.7. The molecule has 7 aromatic carbocycles. The molecule has 0 saturated carbocycles. The Labute approximate surface area is 884 Å². The van der Waals surface area contributed by atoms with Gasteiger partial charge in [-0.15, -0.1) is 0 Å². The van der Waals surface area contributed by atoms with Crippen molar-refractivity contribution < 1.29 is 84.0 Å². The van der Waals surface area contributed by atoms with Gasteiger partial charge < -0.3 is 73.8 Å². The molecule has 26 nitrogen and oxygen atoms in total. The molecule has 14 rings (SSSR count). The summed E-state index contributed by atoms with van der Waals surface area (Å²) in [6.07, 6.45) is 4.94. The highest BCUT2D eigenvalue weighted by atomic mass is 35.5. The van der Waals surface area contributed by atoms with Crippen molar-refractivity contribution in [2.24, 2.45) is 11.5 Å². The molecule has 7 amide bonds. The average molecular weight is 2130 g/mol. The standard InChI is InChI=1S/C17H25FN2O.C16H24ClN3O.C16H21F3N2O.C16H24FN3O.C16H23FN2O2.2C15H20ClFN2O2/c1-12(2)20-9-7-17(4,8-10-20)19-16(21)15-11-14(18)6-5-13(15)3;1-10(2)20-8-7-14(13(18)9-20)19-16(21)15-11(3)5-4-6-12(15)17;1-10(2)21-8-6-16(3,7-9-21)20-15(22)13-11(17)4-5-12(18)14(13)19;1-10(2)20-7-6-15(14(18)9-20)19-16(21)13-8-12(17)5-4-11(13)3;1-10(2)19-7-6-14(15(20)9-19)18-16(21)13-8-12(17)5-4-11(13)3;1-9(2)19-6-5-13(14(20)8-19)18-15(21)11-7-10(17)3-4-12(11)16;1-9(2)19-7-6-12(13(20)8-19)18-15(21)14-10(16)4-3-5-11(14)17/h5-6,11-12H,7-10H2,1-4H3,(H,19,21);4-6,10,13-14H,7-9,18H2,1-3H3,(H,19,21);4-5,10H,6-9H2,1-3H3,(H,20,22);4-5,8,10,14-15H,6-7,9,18H2,1-3H3,(H,19,21);4-5,8,10,14-15,20H,6-7,9H2,1-3H3,(H,18,21);3-4,7,9,13-14,20H,5-6,8H2,1-2H3,(H,18,21);3-5,9,12-13,20H,6-8H2,1-2H3,(H,18,21). The van der Waals surface area contributed by atoms with E-state index in [1.807, 2.05) is 32.9 Å². The van der Waals surface area contributed by atoms with E-state index in [0.717, 1.165) is 132 Å². The summed E-state index contributed by atoms with van der Waals surface area (Å²) in [6.45, 7) is 51.8. The number of aliphatic hydroxyl groups excluding tert-OH is 3. The lowest BCUT2D eigenvalue weighted by Crippen LogP contribution is -2.59. The van der Waals surface area contributed by atoms with Crippen LogP contribution in [0, 0.1) is 74.2 Å². The van der Waals surface area contributed by atoms with Gasteiger partial charge in [0, 0.05) is 186 Å². The zero-order valence-corrected chi connectivity index (χ0v) is 91.5. The van der Waals surface area contributed by atoms with E-state index in [2.05, 4.69) is 175 Å². The first-order valence-corrected chi connectivity index (χ1v) is 52.6. The predicted molar refractivity (Wildman–Crippen MR) is 569 cm³/mol. The van der Waals surface area contributed by atoms with Gasteiger partial charge in [0.2, 0.25) is 0 Å². The van der Waals surface area contributed by atoms with Crippen LogP contribution in [-0.2, 0) is 0 Å². The largest absolute Gasteiger partial charge is 0.390 e. The highest BCUT2D eigenvalue weighted by Crippen LogP contribution is 2.31. The Morgan fingerprint density at radius 1 is 0.311 bits per heavy atom. The molecule has 818 valence electrons. The Kier molecular flexibility index (Phi) is 48.0. The number of carbonyl (C=O) groups is 7. The molecule has 7 aliphatic rings. The molecule has 148 heavy (non-hydrogen) atoms. The molecule has 0 radical (unpaired) electrons. The van der Waals surface area contributed by atoms with Gasteiger partial charge in [-0.2, -0.15) is 0 Å². The molecule has 0 bridgehead atoms. The molecule has 14 N–H and O–H groups in total. The van der Waals surface area contributed by atoms with Crippen molar-refractivity contribution in [1.82, 2.24) is 71.5 Å². The number of halogens is 11.